The first-order chi connectivity index (χ1) is 12.2. The summed E-state index contributed by atoms with van der Waals surface area (Å²) in [5.41, 5.74) is 2.18. The molecule has 4 rings (SSSR count). The second-order valence-corrected chi connectivity index (χ2v) is 6.69. The predicted octanol–water partition coefficient (Wildman–Crippen LogP) is 3.28. The number of anilines is 2. The summed E-state index contributed by atoms with van der Waals surface area (Å²) in [7, 11) is 0. The van der Waals surface area contributed by atoms with Gasteiger partial charge in [0.25, 0.3) is 0 Å². The van der Waals surface area contributed by atoms with Crippen LogP contribution in [0.4, 0.5) is 16.2 Å². The number of urea groups is 1. The van der Waals surface area contributed by atoms with Gasteiger partial charge in [0.1, 0.15) is 0 Å². The Hall–Kier alpha value is -2.82. The van der Waals surface area contributed by atoms with E-state index in [1.807, 2.05) is 54.6 Å². The molecule has 3 amide bonds. The lowest BCUT2D eigenvalue weighted by Gasteiger charge is -2.40. The predicted molar refractivity (Wildman–Crippen MR) is 97.8 cm³/mol. The van der Waals surface area contributed by atoms with Gasteiger partial charge >= 0.3 is 6.03 Å². The van der Waals surface area contributed by atoms with Gasteiger partial charge in [-0.15, -0.1) is 0 Å². The Bertz CT molecular complexity index is 800. The minimum Gasteiger partial charge on any atom is -0.336 e. The molecular formula is C20H21N3O2. The van der Waals surface area contributed by atoms with E-state index in [1.165, 1.54) is 0 Å². The Labute approximate surface area is 147 Å². The van der Waals surface area contributed by atoms with Crippen molar-refractivity contribution in [2.45, 2.75) is 24.7 Å². The van der Waals surface area contributed by atoms with Crippen LogP contribution in [0.1, 0.15) is 24.8 Å². The molecule has 0 radical (unpaired) electrons. The third kappa shape index (κ3) is 2.76. The van der Waals surface area contributed by atoms with Gasteiger partial charge in [0.15, 0.2) is 0 Å². The van der Waals surface area contributed by atoms with E-state index in [9.17, 15) is 9.59 Å². The Morgan fingerprint density at radius 2 is 1.88 bits per heavy atom. The first kappa shape index (κ1) is 15.7. The highest BCUT2D eigenvalue weighted by molar-refractivity contribution is 6.01. The van der Waals surface area contributed by atoms with Crippen molar-refractivity contribution in [2.24, 2.45) is 0 Å². The van der Waals surface area contributed by atoms with Crippen LogP contribution in [0.25, 0.3) is 0 Å². The number of carbonyl (C=O) groups excluding carboxylic acids is 2. The molecule has 2 aliphatic rings. The molecule has 1 aliphatic carbocycles. The lowest BCUT2D eigenvalue weighted by molar-refractivity contribution is -0.124. The largest absolute Gasteiger partial charge is 0.336 e. The van der Waals surface area contributed by atoms with Crippen LogP contribution >= 0.6 is 0 Å². The molecule has 2 aromatic rings. The summed E-state index contributed by atoms with van der Waals surface area (Å²) < 4.78 is 0. The Morgan fingerprint density at radius 1 is 1.08 bits per heavy atom. The zero-order valence-corrected chi connectivity index (χ0v) is 14.0. The molecule has 1 heterocycles. The van der Waals surface area contributed by atoms with Gasteiger partial charge in [-0.1, -0.05) is 42.8 Å². The lowest BCUT2D eigenvalue weighted by Crippen LogP contribution is -2.46. The molecule has 128 valence electrons. The number of hydrogen-bond acceptors (Lipinski definition) is 2. The fourth-order valence-electron chi connectivity index (χ4n) is 3.65. The molecule has 0 aromatic heterocycles. The summed E-state index contributed by atoms with van der Waals surface area (Å²) in [4.78, 5) is 26.5. The van der Waals surface area contributed by atoms with Crippen molar-refractivity contribution in [3.63, 3.8) is 0 Å². The number of nitrogens with zero attached hydrogens (tertiary/aromatic N) is 1. The zero-order chi connectivity index (χ0) is 17.3. The summed E-state index contributed by atoms with van der Waals surface area (Å²) in [6.45, 7) is 1.29. The third-order valence-electron chi connectivity index (χ3n) is 5.24. The Kier molecular flexibility index (Phi) is 3.92. The summed E-state index contributed by atoms with van der Waals surface area (Å²) >= 11 is 0. The highest BCUT2D eigenvalue weighted by atomic mass is 16.2. The van der Waals surface area contributed by atoms with E-state index in [0.717, 1.165) is 36.2 Å². The van der Waals surface area contributed by atoms with E-state index >= 15 is 0 Å². The highest BCUT2D eigenvalue weighted by Crippen LogP contribution is 2.44. The molecule has 2 N–H and O–H groups in total. The van der Waals surface area contributed by atoms with Crippen LogP contribution in [-0.2, 0) is 10.2 Å². The number of amides is 3. The van der Waals surface area contributed by atoms with Gasteiger partial charge in [0, 0.05) is 24.5 Å². The lowest BCUT2D eigenvalue weighted by atomic mass is 9.64. The van der Waals surface area contributed by atoms with Crippen molar-refractivity contribution in [3.05, 3.63) is 60.2 Å². The summed E-state index contributed by atoms with van der Waals surface area (Å²) in [6.07, 6.45) is 2.81. The SMILES string of the molecule is O=C1NCCN1c1cccc(NC(=O)C2(c3ccccc3)CCC2)c1. The normalized spacial score (nSPS) is 18.4. The molecule has 2 aromatic carbocycles. The van der Waals surface area contributed by atoms with Gasteiger partial charge in [0.05, 0.1) is 5.41 Å². The third-order valence-corrected chi connectivity index (χ3v) is 5.24. The topological polar surface area (TPSA) is 61.4 Å². The summed E-state index contributed by atoms with van der Waals surface area (Å²) in [6, 6.07) is 17.4. The number of hydrogen-bond donors (Lipinski definition) is 2. The maximum absolute atomic E-state index is 13.0. The van der Waals surface area contributed by atoms with Crippen molar-refractivity contribution < 1.29 is 9.59 Å². The van der Waals surface area contributed by atoms with Gasteiger partial charge < -0.3 is 10.6 Å². The number of rotatable bonds is 4. The van der Waals surface area contributed by atoms with Crippen molar-refractivity contribution in [3.8, 4) is 0 Å². The molecule has 5 heteroatoms. The Balaban J connectivity index is 1.56. The monoisotopic (exact) mass is 335 g/mol. The average molecular weight is 335 g/mol. The van der Waals surface area contributed by atoms with Crippen LogP contribution in [-0.4, -0.2) is 25.0 Å². The smallest absolute Gasteiger partial charge is 0.321 e. The van der Waals surface area contributed by atoms with Crippen LogP contribution in [0.3, 0.4) is 0 Å². The highest BCUT2D eigenvalue weighted by Gasteiger charge is 2.45. The fraction of sp³-hybridized carbons (Fsp3) is 0.300. The van der Waals surface area contributed by atoms with E-state index in [0.29, 0.717) is 13.1 Å². The minimum absolute atomic E-state index is 0.0352. The van der Waals surface area contributed by atoms with Crippen molar-refractivity contribution in [1.29, 1.82) is 0 Å². The van der Waals surface area contributed by atoms with E-state index in [-0.39, 0.29) is 11.9 Å². The molecule has 1 saturated heterocycles. The maximum Gasteiger partial charge on any atom is 0.321 e. The van der Waals surface area contributed by atoms with Crippen LogP contribution in [0.15, 0.2) is 54.6 Å². The molecule has 0 bridgehead atoms. The summed E-state index contributed by atoms with van der Waals surface area (Å²) in [5.74, 6) is 0.0352. The molecule has 0 unspecified atom stereocenters. The van der Waals surface area contributed by atoms with Gasteiger partial charge in [0.2, 0.25) is 5.91 Å². The van der Waals surface area contributed by atoms with Crippen molar-refractivity contribution >= 4 is 23.3 Å². The molecule has 0 atom stereocenters. The number of benzene rings is 2. The van der Waals surface area contributed by atoms with Gasteiger partial charge in [-0.2, -0.15) is 0 Å². The molecule has 2 fully saturated rings. The van der Waals surface area contributed by atoms with Crippen LogP contribution in [0.5, 0.6) is 0 Å². The number of carbonyl (C=O) groups is 2. The van der Waals surface area contributed by atoms with Crippen LogP contribution in [0, 0.1) is 0 Å². The van der Waals surface area contributed by atoms with Crippen molar-refractivity contribution in [2.75, 3.05) is 23.3 Å². The van der Waals surface area contributed by atoms with Gasteiger partial charge in [-0.05, 0) is 36.6 Å². The van der Waals surface area contributed by atoms with Crippen molar-refractivity contribution in [1.82, 2.24) is 5.32 Å². The van der Waals surface area contributed by atoms with Gasteiger partial charge in [-0.25, -0.2) is 4.79 Å². The number of nitrogens with one attached hydrogen (secondary N) is 2. The minimum atomic E-state index is -0.428. The molecule has 1 aliphatic heterocycles. The maximum atomic E-state index is 13.0. The molecule has 25 heavy (non-hydrogen) atoms. The van der Waals surface area contributed by atoms with E-state index < -0.39 is 5.41 Å². The quantitative estimate of drug-likeness (QED) is 0.901. The van der Waals surface area contributed by atoms with Gasteiger partial charge in [-0.3, -0.25) is 9.69 Å². The Morgan fingerprint density at radius 3 is 2.52 bits per heavy atom. The first-order valence-corrected chi connectivity index (χ1v) is 8.71. The summed E-state index contributed by atoms with van der Waals surface area (Å²) in [5, 5.41) is 5.86. The second kappa shape index (κ2) is 6.24. The van der Waals surface area contributed by atoms with E-state index in [2.05, 4.69) is 10.6 Å². The van der Waals surface area contributed by atoms with Crippen LogP contribution < -0.4 is 15.5 Å². The molecular weight excluding hydrogens is 314 g/mol. The molecule has 1 saturated carbocycles. The standard InChI is InChI=1S/C20H21N3O2/c24-18(20(10-5-11-20)15-6-2-1-3-7-15)22-16-8-4-9-17(14-16)23-13-12-21-19(23)25/h1-4,6-9,14H,5,10-13H2,(H,21,25)(H,22,24). The van der Waals surface area contributed by atoms with Crippen LogP contribution in [0.2, 0.25) is 0 Å². The second-order valence-electron chi connectivity index (χ2n) is 6.69. The fourth-order valence-corrected chi connectivity index (χ4v) is 3.65. The molecule has 5 nitrogen and oxygen atoms in total. The molecule has 0 spiro atoms. The first-order valence-electron chi connectivity index (χ1n) is 8.71. The van der Waals surface area contributed by atoms with E-state index in [1.54, 1.807) is 4.90 Å². The zero-order valence-electron chi connectivity index (χ0n) is 14.0. The average Bonchev–Trinajstić information content (AvgIpc) is 3.01. The van der Waals surface area contributed by atoms with E-state index in [4.69, 9.17) is 0 Å².